The van der Waals surface area contributed by atoms with Crippen molar-refractivity contribution in [2.24, 2.45) is 0 Å². The Kier molecular flexibility index (Phi) is 10.5. The molecule has 6 rings (SSSR count). The number of para-hydroxylation sites is 4. The highest BCUT2D eigenvalue weighted by Gasteiger charge is 2.43. The van der Waals surface area contributed by atoms with Gasteiger partial charge in [-0.1, -0.05) is 54.6 Å². The lowest BCUT2D eigenvalue weighted by molar-refractivity contribution is -0.128. The zero-order valence-electron chi connectivity index (χ0n) is 28.0. The fourth-order valence-corrected chi connectivity index (χ4v) is 6.13. The van der Waals surface area contributed by atoms with Crippen LogP contribution in [0.1, 0.15) is 52.7 Å². The first-order valence-electron chi connectivity index (χ1n) is 15.9. The SMILES string of the molecule is CN[C@@H](C)C(=O)N[C@@H]1C(=O)N(Cc2nn(-c3ccccc3C#N)c3ccccc23)c2ccccc2N(C(=O)c2ccc(C(C)=O)cc2)[C@H]1C.Cl. The molecule has 0 radical (unpaired) electrons. The summed E-state index contributed by atoms with van der Waals surface area (Å²) in [5.74, 6) is -1.34. The molecule has 0 unspecified atom stereocenters. The minimum atomic E-state index is -1.14. The fraction of sp³-hybridized carbons (Fsp3) is 0.211. The summed E-state index contributed by atoms with van der Waals surface area (Å²) < 4.78 is 1.70. The number of nitrogens with one attached hydrogen (secondary N) is 2. The number of amides is 3. The van der Waals surface area contributed by atoms with Crippen molar-refractivity contribution in [2.45, 2.75) is 45.4 Å². The number of likely N-dealkylation sites (N-methyl/N-ethyl adjacent to an activating group) is 1. The third kappa shape index (κ3) is 6.46. The van der Waals surface area contributed by atoms with Crippen LogP contribution in [0.2, 0.25) is 0 Å². The maximum absolute atomic E-state index is 14.7. The Bertz CT molecular complexity index is 2140. The summed E-state index contributed by atoms with van der Waals surface area (Å²) >= 11 is 0. The number of anilines is 2. The van der Waals surface area contributed by atoms with Gasteiger partial charge in [0.2, 0.25) is 5.91 Å². The minimum Gasteiger partial charge on any atom is -0.341 e. The molecule has 50 heavy (non-hydrogen) atoms. The first-order chi connectivity index (χ1) is 23.6. The van der Waals surface area contributed by atoms with Crippen LogP contribution in [0.15, 0.2) is 97.1 Å². The van der Waals surface area contributed by atoms with E-state index in [0.29, 0.717) is 39.4 Å². The standard InChI is InChI=1S/C38H35N7O4.ClH/c1-23(40-4)36(47)41-35-24(2)44(37(48)27-19-17-26(18-20-27)25(3)46)34-16-10-9-15-33(34)43(38(35)49)22-30-29-12-6-8-14-32(29)45(42-30)31-13-7-5-11-28(31)21-39;/h5-20,23-24,35,40H,22H2,1-4H3,(H,41,47);1H/t23-,24-,35-;/m0./s1. The molecule has 0 bridgehead atoms. The van der Waals surface area contributed by atoms with E-state index in [1.807, 2.05) is 36.4 Å². The highest BCUT2D eigenvalue weighted by molar-refractivity contribution is 6.13. The summed E-state index contributed by atoms with van der Waals surface area (Å²) in [6.45, 7) is 4.88. The van der Waals surface area contributed by atoms with E-state index in [9.17, 15) is 24.4 Å². The molecular weight excluding hydrogens is 654 g/mol. The summed E-state index contributed by atoms with van der Waals surface area (Å²) in [4.78, 5) is 57.4. The van der Waals surface area contributed by atoms with Crippen molar-refractivity contribution in [2.75, 3.05) is 16.8 Å². The molecule has 2 N–H and O–H groups in total. The van der Waals surface area contributed by atoms with E-state index in [-0.39, 0.29) is 24.7 Å². The second-order valence-corrected chi connectivity index (χ2v) is 12.0. The number of Topliss-reactive ketones (excluding diaryl/α,β-unsaturated/α-hetero) is 1. The molecule has 0 aliphatic carbocycles. The largest absolute Gasteiger partial charge is 0.341 e. The Morgan fingerprint density at radius 1 is 0.880 bits per heavy atom. The van der Waals surface area contributed by atoms with Gasteiger partial charge in [0, 0.05) is 16.5 Å². The van der Waals surface area contributed by atoms with Gasteiger partial charge in [-0.05, 0) is 70.3 Å². The fourth-order valence-electron chi connectivity index (χ4n) is 6.13. The van der Waals surface area contributed by atoms with Crippen LogP contribution in [-0.2, 0) is 16.1 Å². The molecule has 4 aromatic carbocycles. The zero-order valence-corrected chi connectivity index (χ0v) is 28.8. The van der Waals surface area contributed by atoms with Crippen molar-refractivity contribution < 1.29 is 19.2 Å². The molecule has 5 aromatic rings. The molecule has 0 saturated heterocycles. The summed E-state index contributed by atoms with van der Waals surface area (Å²) in [5, 5.41) is 21.4. The van der Waals surface area contributed by atoms with Crippen LogP contribution >= 0.6 is 12.4 Å². The maximum atomic E-state index is 14.7. The molecule has 12 heteroatoms. The Balaban J connectivity index is 0.00000486. The number of carbonyl (C=O) groups excluding carboxylic acids is 4. The van der Waals surface area contributed by atoms with Gasteiger partial charge in [0.1, 0.15) is 12.1 Å². The van der Waals surface area contributed by atoms with Crippen LogP contribution < -0.4 is 20.4 Å². The molecule has 1 aliphatic rings. The van der Waals surface area contributed by atoms with Gasteiger partial charge in [0.05, 0.1) is 52.5 Å². The minimum absolute atomic E-state index is 0. The zero-order chi connectivity index (χ0) is 34.8. The molecule has 11 nitrogen and oxygen atoms in total. The van der Waals surface area contributed by atoms with E-state index in [1.54, 1.807) is 91.1 Å². The highest BCUT2D eigenvalue weighted by atomic mass is 35.5. The third-order valence-electron chi connectivity index (χ3n) is 8.96. The predicted molar refractivity (Wildman–Crippen MR) is 194 cm³/mol. The number of halogens is 1. The first kappa shape index (κ1) is 35.5. The lowest BCUT2D eigenvalue weighted by Crippen LogP contribution is -2.59. The Morgan fingerprint density at radius 3 is 2.14 bits per heavy atom. The van der Waals surface area contributed by atoms with E-state index >= 15 is 0 Å². The van der Waals surface area contributed by atoms with Gasteiger partial charge in [-0.2, -0.15) is 10.4 Å². The smallest absolute Gasteiger partial charge is 0.258 e. The van der Waals surface area contributed by atoms with Gasteiger partial charge in [-0.15, -0.1) is 12.4 Å². The summed E-state index contributed by atoms with van der Waals surface area (Å²) in [6, 6.07) is 27.9. The summed E-state index contributed by atoms with van der Waals surface area (Å²) in [6.07, 6.45) is 0. The molecule has 2 heterocycles. The normalized spacial score (nSPS) is 16.1. The summed E-state index contributed by atoms with van der Waals surface area (Å²) in [7, 11) is 1.65. The van der Waals surface area contributed by atoms with Crippen molar-refractivity contribution in [3.8, 4) is 11.8 Å². The number of nitriles is 1. The van der Waals surface area contributed by atoms with Crippen molar-refractivity contribution in [1.29, 1.82) is 5.26 Å². The predicted octanol–water partition coefficient (Wildman–Crippen LogP) is 5.20. The van der Waals surface area contributed by atoms with Gasteiger partial charge in [0.25, 0.3) is 11.8 Å². The van der Waals surface area contributed by atoms with Crippen LogP contribution in [0.3, 0.4) is 0 Å². The number of benzene rings is 4. The van der Waals surface area contributed by atoms with E-state index < -0.39 is 35.8 Å². The van der Waals surface area contributed by atoms with Gasteiger partial charge < -0.3 is 20.4 Å². The van der Waals surface area contributed by atoms with E-state index in [4.69, 9.17) is 5.10 Å². The molecule has 0 saturated carbocycles. The monoisotopic (exact) mass is 689 g/mol. The maximum Gasteiger partial charge on any atom is 0.258 e. The van der Waals surface area contributed by atoms with Gasteiger partial charge in [0.15, 0.2) is 5.78 Å². The molecule has 3 amide bonds. The van der Waals surface area contributed by atoms with Crippen LogP contribution in [0.4, 0.5) is 11.4 Å². The van der Waals surface area contributed by atoms with Gasteiger partial charge in [-0.25, -0.2) is 4.68 Å². The Hall–Kier alpha value is -5.83. The number of carbonyl (C=O) groups is 4. The van der Waals surface area contributed by atoms with Crippen molar-refractivity contribution in [1.82, 2.24) is 20.4 Å². The Labute approximate surface area is 295 Å². The molecule has 254 valence electrons. The first-order valence-corrected chi connectivity index (χ1v) is 15.9. The molecule has 1 aromatic heterocycles. The van der Waals surface area contributed by atoms with Crippen LogP contribution in [0, 0.1) is 11.3 Å². The quantitative estimate of drug-likeness (QED) is 0.214. The van der Waals surface area contributed by atoms with E-state index in [1.165, 1.54) is 11.8 Å². The molecule has 3 atom stereocenters. The molecule has 0 spiro atoms. The number of rotatable bonds is 8. The van der Waals surface area contributed by atoms with Crippen LogP contribution in [0.5, 0.6) is 0 Å². The molecular formula is C38H36ClN7O4. The number of hydrogen-bond acceptors (Lipinski definition) is 7. The van der Waals surface area contributed by atoms with Crippen LogP contribution in [0.25, 0.3) is 16.6 Å². The Morgan fingerprint density at radius 2 is 1.48 bits per heavy atom. The average Bonchev–Trinajstić information content (AvgIpc) is 3.46. The van der Waals surface area contributed by atoms with Crippen molar-refractivity contribution >= 4 is 58.2 Å². The lowest BCUT2D eigenvalue weighted by atomic mass is 10.0. The van der Waals surface area contributed by atoms with Crippen molar-refractivity contribution in [3.05, 3.63) is 119 Å². The van der Waals surface area contributed by atoms with Gasteiger partial charge >= 0.3 is 0 Å². The lowest BCUT2D eigenvalue weighted by Gasteiger charge is -2.32. The number of hydrogen-bond donors (Lipinski definition) is 2. The number of fused-ring (bicyclic) bond motifs is 2. The van der Waals surface area contributed by atoms with E-state index in [2.05, 4.69) is 16.7 Å². The second kappa shape index (κ2) is 14.7. The van der Waals surface area contributed by atoms with Crippen LogP contribution in [-0.4, -0.2) is 58.5 Å². The molecule has 1 aliphatic heterocycles. The highest BCUT2D eigenvalue weighted by Crippen LogP contribution is 2.38. The number of ketones is 1. The third-order valence-corrected chi connectivity index (χ3v) is 8.96. The number of aromatic nitrogens is 2. The van der Waals surface area contributed by atoms with Crippen molar-refractivity contribution in [3.63, 3.8) is 0 Å². The van der Waals surface area contributed by atoms with E-state index in [0.717, 1.165) is 10.9 Å². The second-order valence-electron chi connectivity index (χ2n) is 12.0. The summed E-state index contributed by atoms with van der Waals surface area (Å²) in [5.41, 5.74) is 4.08. The molecule has 0 fully saturated rings. The van der Waals surface area contributed by atoms with Gasteiger partial charge in [-0.3, -0.25) is 19.2 Å². The number of nitrogens with zero attached hydrogens (tertiary/aromatic N) is 5. The average molecular weight is 690 g/mol. The topological polar surface area (TPSA) is 140 Å².